The molecule has 0 bridgehead atoms. The van der Waals surface area contributed by atoms with E-state index in [1.165, 1.54) is 17.5 Å². The van der Waals surface area contributed by atoms with E-state index in [0.29, 0.717) is 5.92 Å². The smallest absolute Gasteiger partial charge is 0.125 e. The first-order valence-electron chi connectivity index (χ1n) is 5.70. The molecule has 1 unspecified atom stereocenters. The van der Waals surface area contributed by atoms with Crippen LogP contribution < -0.4 is 4.74 Å². The lowest BCUT2D eigenvalue weighted by atomic mass is 10.00. The van der Waals surface area contributed by atoms with Gasteiger partial charge in [-0.3, -0.25) is 0 Å². The van der Waals surface area contributed by atoms with Crippen molar-refractivity contribution >= 4 is 27.5 Å². The van der Waals surface area contributed by atoms with Gasteiger partial charge in [-0.2, -0.15) is 0 Å². The van der Waals surface area contributed by atoms with Crippen LogP contribution in [0.25, 0.3) is 0 Å². The van der Waals surface area contributed by atoms with E-state index in [2.05, 4.69) is 22.9 Å². The van der Waals surface area contributed by atoms with Gasteiger partial charge in [0.15, 0.2) is 0 Å². The molecule has 1 aromatic rings. The third kappa shape index (κ3) is 2.72. The minimum Gasteiger partial charge on any atom is -0.493 e. The second kappa shape index (κ2) is 5.42. The second-order valence-electron chi connectivity index (χ2n) is 4.45. The van der Waals surface area contributed by atoms with E-state index < -0.39 is 0 Å². The highest BCUT2D eigenvalue weighted by atomic mass is 79.9. The number of benzene rings is 1. The van der Waals surface area contributed by atoms with Crippen molar-refractivity contribution in [2.24, 2.45) is 5.92 Å². The van der Waals surface area contributed by atoms with Crippen LogP contribution in [-0.4, -0.2) is 11.9 Å². The number of fused-ring (bicyclic) bond motifs is 1. The molecule has 1 aliphatic rings. The van der Waals surface area contributed by atoms with Crippen LogP contribution in [0.4, 0.5) is 0 Å². The Balaban J connectivity index is 2.14. The van der Waals surface area contributed by atoms with Crippen LogP contribution >= 0.6 is 27.5 Å². The van der Waals surface area contributed by atoms with Crippen LogP contribution in [0, 0.1) is 5.92 Å². The van der Waals surface area contributed by atoms with Gasteiger partial charge in [0.1, 0.15) is 5.75 Å². The molecular weight excluding hydrogens is 287 g/mol. The minimum atomic E-state index is 0.691. The second-order valence-corrected chi connectivity index (χ2v) is 5.53. The largest absolute Gasteiger partial charge is 0.493 e. The van der Waals surface area contributed by atoms with Crippen LogP contribution in [0.5, 0.6) is 5.75 Å². The number of hydrogen-bond acceptors (Lipinski definition) is 1. The van der Waals surface area contributed by atoms with E-state index in [0.717, 1.165) is 35.6 Å². The van der Waals surface area contributed by atoms with Crippen LogP contribution in [0.3, 0.4) is 0 Å². The zero-order chi connectivity index (χ0) is 11.5. The number of aryl methyl sites for hydroxylation is 1. The topological polar surface area (TPSA) is 9.23 Å². The number of rotatable bonds is 4. The molecule has 0 aliphatic carbocycles. The monoisotopic (exact) mass is 302 g/mol. The van der Waals surface area contributed by atoms with Gasteiger partial charge in [0.25, 0.3) is 0 Å². The van der Waals surface area contributed by atoms with E-state index in [1.807, 2.05) is 12.1 Å². The van der Waals surface area contributed by atoms with Crippen molar-refractivity contribution in [3.8, 4) is 5.75 Å². The summed E-state index contributed by atoms with van der Waals surface area (Å²) in [4.78, 5) is 0. The summed E-state index contributed by atoms with van der Waals surface area (Å²) >= 11 is 9.62. The summed E-state index contributed by atoms with van der Waals surface area (Å²) in [6.07, 6.45) is 3.22. The fraction of sp³-hybridized carbons (Fsp3) is 0.538. The van der Waals surface area contributed by atoms with Crippen LogP contribution in [0.15, 0.2) is 12.1 Å². The summed E-state index contributed by atoms with van der Waals surface area (Å²) in [5.41, 5.74) is 2.54. The molecule has 2 rings (SSSR count). The van der Waals surface area contributed by atoms with Gasteiger partial charge < -0.3 is 4.74 Å². The maximum atomic E-state index is 6.11. The molecule has 3 heteroatoms. The van der Waals surface area contributed by atoms with E-state index in [9.17, 15) is 0 Å². The molecular formula is C13H16BrClO. The normalized spacial score (nSPS) is 15.7. The Kier molecular flexibility index (Phi) is 4.15. The summed E-state index contributed by atoms with van der Waals surface area (Å²) in [5.74, 6) is 1.78. The first-order valence-corrected chi connectivity index (χ1v) is 7.20. The van der Waals surface area contributed by atoms with Crippen molar-refractivity contribution in [3.63, 3.8) is 0 Å². The molecule has 0 aromatic heterocycles. The van der Waals surface area contributed by atoms with Crippen molar-refractivity contribution in [2.75, 3.05) is 11.9 Å². The molecule has 88 valence electrons. The van der Waals surface area contributed by atoms with Crippen molar-refractivity contribution in [2.45, 2.75) is 26.2 Å². The highest BCUT2D eigenvalue weighted by Gasteiger charge is 2.17. The summed E-state index contributed by atoms with van der Waals surface area (Å²) in [7, 11) is 0. The van der Waals surface area contributed by atoms with Gasteiger partial charge in [-0.15, -0.1) is 0 Å². The molecule has 0 amide bonds. The lowest BCUT2D eigenvalue weighted by molar-refractivity contribution is 0.352. The molecule has 1 aliphatic heterocycles. The third-order valence-electron chi connectivity index (χ3n) is 3.00. The molecule has 0 saturated heterocycles. The Labute approximate surface area is 110 Å². The van der Waals surface area contributed by atoms with Crippen molar-refractivity contribution in [1.29, 1.82) is 0 Å². The quantitative estimate of drug-likeness (QED) is 0.756. The van der Waals surface area contributed by atoms with Crippen molar-refractivity contribution in [1.82, 2.24) is 0 Å². The Morgan fingerprint density at radius 3 is 3.06 bits per heavy atom. The summed E-state index contributed by atoms with van der Waals surface area (Å²) in [6.45, 7) is 3.05. The molecule has 1 atom stereocenters. The lowest BCUT2D eigenvalue weighted by Gasteiger charge is -2.11. The molecule has 0 fully saturated rings. The predicted octanol–water partition coefficient (Wildman–Crippen LogP) is 4.24. The Bertz CT molecular complexity index is 378. The minimum absolute atomic E-state index is 0.691. The van der Waals surface area contributed by atoms with Crippen LogP contribution in [0.1, 0.15) is 24.5 Å². The molecule has 0 N–H and O–H groups in total. The fourth-order valence-electron chi connectivity index (χ4n) is 2.01. The molecule has 0 spiro atoms. The SMILES string of the molecule is CC(CBr)CCc1cc(Cl)cc2c1OCC2. The van der Waals surface area contributed by atoms with Crippen LogP contribution in [0.2, 0.25) is 5.02 Å². The van der Waals surface area contributed by atoms with Gasteiger partial charge in [-0.25, -0.2) is 0 Å². The van der Waals surface area contributed by atoms with E-state index >= 15 is 0 Å². The molecule has 1 heterocycles. The first kappa shape index (κ1) is 12.3. The van der Waals surface area contributed by atoms with Gasteiger partial charge in [-0.05, 0) is 42.0 Å². The van der Waals surface area contributed by atoms with Crippen molar-refractivity contribution in [3.05, 3.63) is 28.3 Å². The third-order valence-corrected chi connectivity index (χ3v) is 4.32. The molecule has 0 saturated carbocycles. The van der Waals surface area contributed by atoms with E-state index in [1.54, 1.807) is 0 Å². The zero-order valence-corrected chi connectivity index (χ0v) is 11.8. The summed E-state index contributed by atoms with van der Waals surface area (Å²) in [6, 6.07) is 4.08. The van der Waals surface area contributed by atoms with Gasteiger partial charge in [0.05, 0.1) is 6.61 Å². The van der Waals surface area contributed by atoms with Crippen LogP contribution in [-0.2, 0) is 12.8 Å². The lowest BCUT2D eigenvalue weighted by Crippen LogP contribution is -2.00. The van der Waals surface area contributed by atoms with E-state index in [-0.39, 0.29) is 0 Å². The number of hydrogen-bond donors (Lipinski definition) is 0. The van der Waals surface area contributed by atoms with Gasteiger partial charge in [0, 0.05) is 16.8 Å². The Morgan fingerprint density at radius 2 is 2.31 bits per heavy atom. The maximum Gasteiger partial charge on any atom is 0.125 e. The first-order chi connectivity index (χ1) is 7.70. The number of halogens is 2. The number of ether oxygens (including phenoxy) is 1. The maximum absolute atomic E-state index is 6.11. The summed E-state index contributed by atoms with van der Waals surface area (Å²) in [5, 5.41) is 1.89. The molecule has 16 heavy (non-hydrogen) atoms. The Morgan fingerprint density at radius 1 is 1.50 bits per heavy atom. The molecule has 1 aromatic carbocycles. The zero-order valence-electron chi connectivity index (χ0n) is 9.43. The van der Waals surface area contributed by atoms with Gasteiger partial charge in [0.2, 0.25) is 0 Å². The average Bonchev–Trinajstić information content (AvgIpc) is 2.73. The fourth-order valence-corrected chi connectivity index (χ4v) is 2.60. The summed E-state index contributed by atoms with van der Waals surface area (Å²) < 4.78 is 5.68. The van der Waals surface area contributed by atoms with Gasteiger partial charge in [-0.1, -0.05) is 34.5 Å². The molecule has 1 nitrogen and oxygen atoms in total. The van der Waals surface area contributed by atoms with Crippen molar-refractivity contribution < 1.29 is 4.74 Å². The predicted molar refractivity (Wildman–Crippen MR) is 71.9 cm³/mol. The Hall–Kier alpha value is -0.210. The van der Waals surface area contributed by atoms with Gasteiger partial charge >= 0.3 is 0 Å². The highest BCUT2D eigenvalue weighted by Crippen LogP contribution is 2.34. The highest BCUT2D eigenvalue weighted by molar-refractivity contribution is 9.09. The average molecular weight is 304 g/mol. The number of alkyl halides is 1. The van der Waals surface area contributed by atoms with E-state index in [4.69, 9.17) is 16.3 Å². The standard InChI is InChI=1S/C13H16BrClO/c1-9(8-14)2-3-10-6-12(15)7-11-4-5-16-13(10)11/h6-7,9H,2-5,8H2,1H3. The molecule has 0 radical (unpaired) electrons.